The first-order valence-corrected chi connectivity index (χ1v) is 11.8. The van der Waals surface area contributed by atoms with Crippen molar-refractivity contribution in [3.05, 3.63) is 0 Å². The summed E-state index contributed by atoms with van der Waals surface area (Å²) in [7, 11) is 0. The minimum absolute atomic E-state index is 0.483. The normalized spacial score (nSPS) is 26.1. The molecule has 0 aliphatic heterocycles. The molecule has 0 saturated heterocycles. The van der Waals surface area contributed by atoms with Gasteiger partial charge in [-0.25, -0.2) is 4.99 Å². The molecule has 2 aliphatic carbocycles. The molecule has 1 unspecified atom stereocenters. The maximum atomic E-state index is 4.80. The molecular formula is C23H41NS. The maximum absolute atomic E-state index is 4.80. The summed E-state index contributed by atoms with van der Waals surface area (Å²) < 4.78 is 0. The molecule has 2 heteroatoms. The van der Waals surface area contributed by atoms with E-state index in [9.17, 15) is 0 Å². The molecule has 2 rings (SSSR count). The predicted molar refractivity (Wildman–Crippen MR) is 113 cm³/mol. The minimum Gasteiger partial charge on any atom is -0.229 e. The quantitative estimate of drug-likeness (QED) is 0.206. The monoisotopic (exact) mass is 363 g/mol. The molecule has 0 amide bonds. The standard InChI is InChI=1S/C23H41NS/c1-2-3-4-8-13-21(14-9-12-20-10-6-5-7-11-20)22-15-17-23(18-16-22)24-19-25/h20-23H,2-18H2,1H3. The lowest BCUT2D eigenvalue weighted by Gasteiger charge is -2.33. The van der Waals surface area contributed by atoms with E-state index in [4.69, 9.17) is 12.2 Å². The highest BCUT2D eigenvalue weighted by molar-refractivity contribution is 7.78. The highest BCUT2D eigenvalue weighted by Gasteiger charge is 2.27. The topological polar surface area (TPSA) is 12.4 Å². The Morgan fingerprint density at radius 1 is 0.880 bits per heavy atom. The zero-order valence-corrected chi connectivity index (χ0v) is 17.5. The summed E-state index contributed by atoms with van der Waals surface area (Å²) in [6, 6.07) is 0.483. The summed E-state index contributed by atoms with van der Waals surface area (Å²) in [4.78, 5) is 4.35. The second-order valence-corrected chi connectivity index (χ2v) is 9.02. The van der Waals surface area contributed by atoms with Crippen LogP contribution in [-0.4, -0.2) is 11.2 Å². The molecule has 0 aromatic rings. The Morgan fingerprint density at radius 3 is 2.28 bits per heavy atom. The molecule has 0 spiro atoms. The van der Waals surface area contributed by atoms with Crippen LogP contribution in [0.15, 0.2) is 4.99 Å². The summed E-state index contributed by atoms with van der Waals surface area (Å²) in [6.45, 7) is 2.32. The number of hydrogen-bond acceptors (Lipinski definition) is 2. The fourth-order valence-corrected chi connectivity index (χ4v) is 5.52. The van der Waals surface area contributed by atoms with Gasteiger partial charge in [0.05, 0.1) is 11.2 Å². The molecule has 0 aromatic heterocycles. The van der Waals surface area contributed by atoms with Gasteiger partial charge in [-0.2, -0.15) is 0 Å². The zero-order chi connectivity index (χ0) is 17.7. The lowest BCUT2D eigenvalue weighted by atomic mass is 9.74. The van der Waals surface area contributed by atoms with Gasteiger partial charge in [-0.05, 0) is 55.7 Å². The van der Waals surface area contributed by atoms with Crippen LogP contribution in [0.2, 0.25) is 0 Å². The first-order valence-electron chi connectivity index (χ1n) is 11.4. The number of aliphatic imine (C=N–C) groups is 1. The molecule has 2 saturated carbocycles. The number of nitrogens with zero attached hydrogens (tertiary/aromatic N) is 1. The smallest absolute Gasteiger partial charge is 0.0603 e. The second kappa shape index (κ2) is 13.0. The molecule has 0 radical (unpaired) electrons. The molecule has 2 fully saturated rings. The van der Waals surface area contributed by atoms with Gasteiger partial charge in [0.25, 0.3) is 0 Å². The van der Waals surface area contributed by atoms with Crippen LogP contribution in [0.3, 0.4) is 0 Å². The van der Waals surface area contributed by atoms with Crippen molar-refractivity contribution in [3.8, 4) is 0 Å². The first-order chi connectivity index (χ1) is 12.3. The third-order valence-corrected chi connectivity index (χ3v) is 7.09. The maximum Gasteiger partial charge on any atom is 0.0603 e. The van der Waals surface area contributed by atoms with Crippen LogP contribution in [0.25, 0.3) is 0 Å². The molecule has 2 aliphatic rings. The van der Waals surface area contributed by atoms with Crippen molar-refractivity contribution in [3.63, 3.8) is 0 Å². The third-order valence-electron chi connectivity index (χ3n) is 6.98. The van der Waals surface area contributed by atoms with Gasteiger partial charge in [-0.15, -0.1) is 0 Å². The number of unbranched alkanes of at least 4 members (excludes halogenated alkanes) is 3. The van der Waals surface area contributed by atoms with Crippen molar-refractivity contribution < 1.29 is 0 Å². The van der Waals surface area contributed by atoms with Crippen LogP contribution in [0.4, 0.5) is 0 Å². The van der Waals surface area contributed by atoms with Crippen LogP contribution in [0, 0.1) is 17.8 Å². The van der Waals surface area contributed by atoms with Gasteiger partial charge in [0.2, 0.25) is 0 Å². The Morgan fingerprint density at radius 2 is 1.60 bits per heavy atom. The number of rotatable bonds is 11. The second-order valence-electron chi connectivity index (χ2n) is 8.83. The molecule has 0 heterocycles. The molecular weight excluding hydrogens is 322 g/mol. The van der Waals surface area contributed by atoms with Crippen molar-refractivity contribution in [2.24, 2.45) is 22.7 Å². The fraction of sp³-hybridized carbons (Fsp3) is 0.957. The Kier molecular flexibility index (Phi) is 11.0. The number of thiocarbonyl (C=S) groups is 1. The molecule has 0 bridgehead atoms. The van der Waals surface area contributed by atoms with Crippen LogP contribution < -0.4 is 0 Å². The van der Waals surface area contributed by atoms with E-state index in [-0.39, 0.29) is 0 Å². The fourth-order valence-electron chi connectivity index (χ4n) is 5.37. The lowest BCUT2D eigenvalue weighted by molar-refractivity contribution is 0.199. The van der Waals surface area contributed by atoms with Gasteiger partial charge in [0, 0.05) is 0 Å². The summed E-state index contributed by atoms with van der Waals surface area (Å²) in [5.74, 6) is 3.00. The van der Waals surface area contributed by atoms with E-state index in [0.717, 1.165) is 17.8 Å². The lowest BCUT2D eigenvalue weighted by Crippen LogP contribution is -2.24. The van der Waals surface area contributed by atoms with E-state index in [1.165, 1.54) is 109 Å². The van der Waals surface area contributed by atoms with Gasteiger partial charge in [-0.3, -0.25) is 0 Å². The van der Waals surface area contributed by atoms with Crippen LogP contribution in [-0.2, 0) is 0 Å². The van der Waals surface area contributed by atoms with Crippen molar-refractivity contribution in [2.45, 2.75) is 122 Å². The van der Waals surface area contributed by atoms with Gasteiger partial charge in [0.15, 0.2) is 0 Å². The van der Waals surface area contributed by atoms with E-state index in [2.05, 4.69) is 17.1 Å². The van der Waals surface area contributed by atoms with E-state index in [1.54, 1.807) is 0 Å². The first kappa shape index (κ1) is 21.1. The van der Waals surface area contributed by atoms with E-state index < -0.39 is 0 Å². The molecule has 0 aromatic carbocycles. The van der Waals surface area contributed by atoms with E-state index in [1.807, 2.05) is 0 Å². The number of isothiocyanates is 1. The highest BCUT2D eigenvalue weighted by Crippen LogP contribution is 2.37. The van der Waals surface area contributed by atoms with Gasteiger partial charge in [0.1, 0.15) is 0 Å². The Balaban J connectivity index is 1.74. The zero-order valence-electron chi connectivity index (χ0n) is 16.7. The van der Waals surface area contributed by atoms with Crippen molar-refractivity contribution >= 4 is 17.4 Å². The van der Waals surface area contributed by atoms with Gasteiger partial charge >= 0.3 is 0 Å². The van der Waals surface area contributed by atoms with Gasteiger partial charge < -0.3 is 0 Å². The predicted octanol–water partition coefficient (Wildman–Crippen LogP) is 7.99. The summed E-state index contributed by atoms with van der Waals surface area (Å²) >= 11 is 4.80. The largest absolute Gasteiger partial charge is 0.229 e. The van der Waals surface area contributed by atoms with E-state index >= 15 is 0 Å². The third kappa shape index (κ3) is 8.35. The van der Waals surface area contributed by atoms with E-state index in [0.29, 0.717) is 6.04 Å². The summed E-state index contributed by atoms with van der Waals surface area (Å²) in [5, 5.41) is 2.61. The van der Waals surface area contributed by atoms with Crippen LogP contribution in [0.5, 0.6) is 0 Å². The molecule has 1 atom stereocenters. The molecule has 0 N–H and O–H groups in total. The Hall–Kier alpha value is -0.200. The van der Waals surface area contributed by atoms with Gasteiger partial charge in [-0.1, -0.05) is 90.4 Å². The average molecular weight is 364 g/mol. The molecule has 25 heavy (non-hydrogen) atoms. The average Bonchev–Trinajstić information content (AvgIpc) is 2.66. The summed E-state index contributed by atoms with van der Waals surface area (Å²) in [6.07, 6.45) is 24.4. The van der Waals surface area contributed by atoms with Crippen molar-refractivity contribution in [2.75, 3.05) is 0 Å². The molecule has 1 nitrogen and oxygen atoms in total. The molecule has 144 valence electrons. The van der Waals surface area contributed by atoms with Crippen molar-refractivity contribution in [1.29, 1.82) is 0 Å². The highest BCUT2D eigenvalue weighted by atomic mass is 32.1. The Labute approximate surface area is 162 Å². The minimum atomic E-state index is 0.483. The summed E-state index contributed by atoms with van der Waals surface area (Å²) in [5.41, 5.74) is 0. The Bertz CT molecular complexity index is 374. The SMILES string of the molecule is CCCCCCC(CCCC1CCCCC1)C1CCC(N=C=S)CC1. The van der Waals surface area contributed by atoms with Crippen LogP contribution >= 0.6 is 12.2 Å². The van der Waals surface area contributed by atoms with Crippen molar-refractivity contribution in [1.82, 2.24) is 0 Å². The number of hydrogen-bond donors (Lipinski definition) is 0. The van der Waals surface area contributed by atoms with Crippen LogP contribution in [0.1, 0.15) is 116 Å².